The Labute approximate surface area is 118 Å². The van der Waals surface area contributed by atoms with Crippen molar-refractivity contribution < 1.29 is 9.13 Å². The summed E-state index contributed by atoms with van der Waals surface area (Å²) in [5.74, 6) is 0.496. The average molecular weight is 282 g/mol. The minimum Gasteiger partial charge on any atom is -0.381 e. The molecule has 0 spiro atoms. The summed E-state index contributed by atoms with van der Waals surface area (Å²) in [5, 5.41) is 6.31. The summed E-state index contributed by atoms with van der Waals surface area (Å²) in [6, 6.07) is 6.46. The normalized spacial score (nSPS) is 14.2. The highest BCUT2D eigenvalue weighted by Crippen LogP contribution is 2.28. The van der Waals surface area contributed by atoms with E-state index < -0.39 is 0 Å². The minimum atomic E-state index is -0.306. The van der Waals surface area contributed by atoms with Gasteiger partial charge in [0.05, 0.1) is 5.69 Å². The van der Waals surface area contributed by atoms with Gasteiger partial charge in [-0.1, -0.05) is 12.1 Å². The molecule has 3 nitrogen and oxygen atoms in total. The average Bonchev–Trinajstić information content (AvgIpc) is 3.20. The number of para-hydroxylation sites is 1. The SMILES string of the molecule is Fc1ccccc1NC(=S)NCCCOCC1CC1. The number of benzene rings is 1. The van der Waals surface area contributed by atoms with E-state index in [1.54, 1.807) is 18.2 Å². The van der Waals surface area contributed by atoms with Gasteiger partial charge in [-0.15, -0.1) is 0 Å². The van der Waals surface area contributed by atoms with Crippen LogP contribution in [0.15, 0.2) is 24.3 Å². The zero-order valence-corrected chi connectivity index (χ0v) is 11.6. The molecule has 0 amide bonds. The second kappa shape index (κ2) is 7.40. The van der Waals surface area contributed by atoms with Crippen molar-refractivity contribution in [2.75, 3.05) is 25.1 Å². The minimum absolute atomic E-state index is 0.306. The third-order valence-corrected chi connectivity index (χ3v) is 3.17. The van der Waals surface area contributed by atoms with Gasteiger partial charge in [0.2, 0.25) is 0 Å². The molecule has 2 N–H and O–H groups in total. The van der Waals surface area contributed by atoms with Gasteiger partial charge in [0.15, 0.2) is 5.11 Å². The highest BCUT2D eigenvalue weighted by molar-refractivity contribution is 7.80. The maximum absolute atomic E-state index is 13.4. The van der Waals surface area contributed by atoms with Crippen molar-refractivity contribution in [2.45, 2.75) is 19.3 Å². The number of hydrogen-bond acceptors (Lipinski definition) is 2. The van der Waals surface area contributed by atoms with Crippen LogP contribution in [-0.4, -0.2) is 24.9 Å². The Hall–Kier alpha value is -1.20. The third kappa shape index (κ3) is 5.53. The lowest BCUT2D eigenvalue weighted by Gasteiger charge is -2.11. The van der Waals surface area contributed by atoms with Crippen LogP contribution in [0.2, 0.25) is 0 Å². The van der Waals surface area contributed by atoms with E-state index >= 15 is 0 Å². The molecule has 0 heterocycles. The fourth-order valence-corrected chi connectivity index (χ4v) is 1.85. The lowest BCUT2D eigenvalue weighted by atomic mass is 10.3. The summed E-state index contributed by atoms with van der Waals surface area (Å²) in [6.45, 7) is 2.36. The van der Waals surface area contributed by atoms with E-state index in [0.717, 1.165) is 32.1 Å². The Morgan fingerprint density at radius 2 is 2.16 bits per heavy atom. The lowest BCUT2D eigenvalue weighted by molar-refractivity contribution is 0.123. The predicted molar refractivity (Wildman–Crippen MR) is 78.8 cm³/mol. The molecule has 104 valence electrons. The number of hydrogen-bond donors (Lipinski definition) is 2. The summed E-state index contributed by atoms with van der Waals surface area (Å²) in [7, 11) is 0. The zero-order chi connectivity index (χ0) is 13.5. The van der Waals surface area contributed by atoms with Crippen LogP contribution in [0.4, 0.5) is 10.1 Å². The van der Waals surface area contributed by atoms with Crippen LogP contribution in [0.25, 0.3) is 0 Å². The maximum atomic E-state index is 13.4. The van der Waals surface area contributed by atoms with Crippen LogP contribution in [0.5, 0.6) is 0 Å². The molecule has 0 aromatic heterocycles. The van der Waals surface area contributed by atoms with Crippen molar-refractivity contribution in [3.05, 3.63) is 30.1 Å². The molecule has 1 aliphatic rings. The molecule has 1 saturated carbocycles. The Balaban J connectivity index is 1.55. The van der Waals surface area contributed by atoms with Gasteiger partial charge in [-0.05, 0) is 49.5 Å². The molecule has 0 unspecified atom stereocenters. The Kier molecular flexibility index (Phi) is 5.54. The van der Waals surface area contributed by atoms with Crippen molar-refractivity contribution in [1.29, 1.82) is 0 Å². The highest BCUT2D eigenvalue weighted by atomic mass is 32.1. The van der Waals surface area contributed by atoms with Crippen molar-refractivity contribution in [3.8, 4) is 0 Å². The first-order valence-corrected chi connectivity index (χ1v) is 7.03. The number of thiocarbonyl (C=S) groups is 1. The summed E-state index contributed by atoms with van der Waals surface area (Å²) < 4.78 is 18.9. The van der Waals surface area contributed by atoms with E-state index in [-0.39, 0.29) is 5.82 Å². The van der Waals surface area contributed by atoms with Crippen molar-refractivity contribution in [3.63, 3.8) is 0 Å². The number of anilines is 1. The van der Waals surface area contributed by atoms with Crippen molar-refractivity contribution in [2.24, 2.45) is 5.92 Å². The molecular formula is C14H19FN2OS. The Bertz CT molecular complexity index is 424. The van der Waals surface area contributed by atoms with Gasteiger partial charge in [-0.25, -0.2) is 4.39 Å². The van der Waals surface area contributed by atoms with Crippen LogP contribution >= 0.6 is 12.2 Å². The first-order chi connectivity index (χ1) is 9.25. The van der Waals surface area contributed by atoms with Crippen LogP contribution in [0.3, 0.4) is 0 Å². The fourth-order valence-electron chi connectivity index (χ4n) is 1.64. The number of rotatable bonds is 7. The van der Waals surface area contributed by atoms with Gasteiger partial charge in [0, 0.05) is 19.8 Å². The third-order valence-electron chi connectivity index (χ3n) is 2.92. The molecule has 0 aliphatic heterocycles. The number of nitrogens with one attached hydrogen (secondary N) is 2. The van der Waals surface area contributed by atoms with Gasteiger partial charge >= 0.3 is 0 Å². The number of ether oxygens (including phenoxy) is 1. The van der Waals surface area contributed by atoms with Gasteiger partial charge < -0.3 is 15.4 Å². The molecule has 2 rings (SSSR count). The quantitative estimate of drug-likeness (QED) is 0.595. The largest absolute Gasteiger partial charge is 0.381 e. The van der Waals surface area contributed by atoms with Crippen molar-refractivity contribution in [1.82, 2.24) is 5.32 Å². The van der Waals surface area contributed by atoms with E-state index in [4.69, 9.17) is 17.0 Å². The van der Waals surface area contributed by atoms with Crippen LogP contribution in [-0.2, 0) is 4.74 Å². The molecule has 1 fully saturated rings. The van der Waals surface area contributed by atoms with E-state index in [2.05, 4.69) is 10.6 Å². The first kappa shape index (κ1) is 14.2. The van der Waals surface area contributed by atoms with Crippen LogP contribution in [0.1, 0.15) is 19.3 Å². The van der Waals surface area contributed by atoms with E-state index in [9.17, 15) is 4.39 Å². The highest BCUT2D eigenvalue weighted by Gasteiger charge is 2.20. The Morgan fingerprint density at radius 3 is 2.89 bits per heavy atom. The topological polar surface area (TPSA) is 33.3 Å². The molecule has 1 aliphatic carbocycles. The fraction of sp³-hybridized carbons (Fsp3) is 0.500. The summed E-state index contributed by atoms with van der Waals surface area (Å²) >= 11 is 5.10. The monoisotopic (exact) mass is 282 g/mol. The zero-order valence-electron chi connectivity index (χ0n) is 10.8. The molecule has 0 saturated heterocycles. The molecule has 0 radical (unpaired) electrons. The maximum Gasteiger partial charge on any atom is 0.170 e. The molecule has 0 bridgehead atoms. The summed E-state index contributed by atoms with van der Waals surface area (Å²) in [6.07, 6.45) is 3.52. The van der Waals surface area contributed by atoms with Crippen LogP contribution < -0.4 is 10.6 Å². The van der Waals surface area contributed by atoms with E-state index in [1.165, 1.54) is 18.9 Å². The Morgan fingerprint density at radius 1 is 1.37 bits per heavy atom. The molecule has 1 aromatic carbocycles. The van der Waals surface area contributed by atoms with E-state index in [0.29, 0.717) is 10.8 Å². The molecule has 19 heavy (non-hydrogen) atoms. The van der Waals surface area contributed by atoms with E-state index in [1.807, 2.05) is 0 Å². The van der Waals surface area contributed by atoms with Gasteiger partial charge in [-0.3, -0.25) is 0 Å². The molecular weight excluding hydrogens is 263 g/mol. The second-order valence-corrected chi connectivity index (χ2v) is 5.14. The van der Waals surface area contributed by atoms with Crippen molar-refractivity contribution >= 4 is 23.0 Å². The lowest BCUT2D eigenvalue weighted by Crippen LogP contribution is -2.30. The van der Waals surface area contributed by atoms with Gasteiger partial charge in [0.25, 0.3) is 0 Å². The molecule has 1 aromatic rings. The predicted octanol–water partition coefficient (Wildman–Crippen LogP) is 2.93. The number of halogens is 1. The molecule has 0 atom stereocenters. The van der Waals surface area contributed by atoms with Gasteiger partial charge in [-0.2, -0.15) is 0 Å². The summed E-state index contributed by atoms with van der Waals surface area (Å²) in [5.41, 5.74) is 0.394. The summed E-state index contributed by atoms with van der Waals surface area (Å²) in [4.78, 5) is 0. The smallest absolute Gasteiger partial charge is 0.170 e. The first-order valence-electron chi connectivity index (χ1n) is 6.63. The second-order valence-electron chi connectivity index (χ2n) is 4.73. The van der Waals surface area contributed by atoms with Crippen LogP contribution in [0, 0.1) is 11.7 Å². The van der Waals surface area contributed by atoms with Gasteiger partial charge in [0.1, 0.15) is 5.82 Å². The molecule has 5 heteroatoms. The standard InChI is InChI=1S/C14H19FN2OS/c15-12-4-1-2-5-13(12)17-14(19)16-8-3-9-18-10-11-6-7-11/h1-2,4-5,11H,3,6-10H2,(H2,16,17,19).